The Balaban J connectivity index is 2.15. The first-order valence-corrected chi connectivity index (χ1v) is 7.33. The maximum Gasteiger partial charge on any atom is 0.328 e. The number of nitrogens with two attached hydrogens (primary N) is 1. The van der Waals surface area contributed by atoms with Crippen LogP contribution >= 0.6 is 0 Å². The fourth-order valence-corrected chi connectivity index (χ4v) is 2.13. The molecule has 0 fully saturated rings. The van der Waals surface area contributed by atoms with Gasteiger partial charge < -0.3 is 15.8 Å². The van der Waals surface area contributed by atoms with E-state index in [1.807, 2.05) is 30.3 Å². The number of aromatic nitrogens is 1. The second kappa shape index (κ2) is 7.93. The molecule has 6 nitrogen and oxygen atoms in total. The standard InChI is InChI=1S/C17H19N3O3/c1-2-23-17(22)14(11-12-7-4-3-5-8-12)20-16(21)13-9-6-10-19-15(13)18/h3-10,14H,2,11H2,1H3,(H2,18,19)(H,20,21)/t14-/m0/s1. The van der Waals surface area contributed by atoms with E-state index < -0.39 is 17.9 Å². The Morgan fingerprint density at radius 3 is 2.61 bits per heavy atom. The highest BCUT2D eigenvalue weighted by molar-refractivity contribution is 6.00. The molecule has 0 spiro atoms. The van der Waals surface area contributed by atoms with Crippen LogP contribution in [0.3, 0.4) is 0 Å². The lowest BCUT2D eigenvalue weighted by Gasteiger charge is -2.17. The van der Waals surface area contributed by atoms with E-state index in [1.165, 1.54) is 6.20 Å². The number of nitrogens with zero attached hydrogens (tertiary/aromatic N) is 1. The van der Waals surface area contributed by atoms with E-state index in [9.17, 15) is 9.59 Å². The lowest BCUT2D eigenvalue weighted by Crippen LogP contribution is -2.43. The number of ether oxygens (including phenoxy) is 1. The molecule has 0 radical (unpaired) electrons. The monoisotopic (exact) mass is 313 g/mol. The first-order valence-electron chi connectivity index (χ1n) is 7.33. The highest BCUT2D eigenvalue weighted by atomic mass is 16.5. The number of benzene rings is 1. The van der Waals surface area contributed by atoms with Crippen molar-refractivity contribution in [2.45, 2.75) is 19.4 Å². The third kappa shape index (κ3) is 4.54. The molecule has 6 heteroatoms. The summed E-state index contributed by atoms with van der Waals surface area (Å²) < 4.78 is 5.04. The van der Waals surface area contributed by atoms with Crippen LogP contribution in [-0.2, 0) is 16.0 Å². The second-order valence-corrected chi connectivity index (χ2v) is 4.90. The van der Waals surface area contributed by atoms with Crippen LogP contribution in [0.15, 0.2) is 48.7 Å². The largest absolute Gasteiger partial charge is 0.464 e. The highest BCUT2D eigenvalue weighted by Gasteiger charge is 2.24. The van der Waals surface area contributed by atoms with Gasteiger partial charge in [-0.2, -0.15) is 0 Å². The molecular formula is C17H19N3O3. The van der Waals surface area contributed by atoms with Crippen LogP contribution in [0.1, 0.15) is 22.8 Å². The smallest absolute Gasteiger partial charge is 0.328 e. The van der Waals surface area contributed by atoms with Crippen molar-refractivity contribution < 1.29 is 14.3 Å². The van der Waals surface area contributed by atoms with E-state index in [0.717, 1.165) is 5.56 Å². The molecule has 0 aliphatic carbocycles. The van der Waals surface area contributed by atoms with Crippen molar-refractivity contribution in [3.63, 3.8) is 0 Å². The Hall–Kier alpha value is -2.89. The van der Waals surface area contributed by atoms with Gasteiger partial charge in [0.2, 0.25) is 0 Å². The molecule has 1 aromatic heterocycles. The first-order chi connectivity index (χ1) is 11.1. The predicted molar refractivity (Wildman–Crippen MR) is 86.7 cm³/mol. The van der Waals surface area contributed by atoms with Crippen molar-refractivity contribution >= 4 is 17.7 Å². The number of pyridine rings is 1. The molecule has 0 saturated carbocycles. The van der Waals surface area contributed by atoms with E-state index in [4.69, 9.17) is 10.5 Å². The zero-order valence-corrected chi connectivity index (χ0v) is 12.9. The van der Waals surface area contributed by atoms with Gasteiger partial charge in [0.1, 0.15) is 11.9 Å². The summed E-state index contributed by atoms with van der Waals surface area (Å²) in [6.45, 7) is 1.97. The van der Waals surface area contributed by atoms with Gasteiger partial charge in [0.05, 0.1) is 12.2 Å². The van der Waals surface area contributed by atoms with E-state index in [1.54, 1.807) is 19.1 Å². The molecule has 1 heterocycles. The normalized spacial score (nSPS) is 11.5. The average molecular weight is 313 g/mol. The fourth-order valence-electron chi connectivity index (χ4n) is 2.13. The molecule has 3 N–H and O–H groups in total. The zero-order valence-electron chi connectivity index (χ0n) is 12.9. The second-order valence-electron chi connectivity index (χ2n) is 4.90. The fraction of sp³-hybridized carbons (Fsp3) is 0.235. The van der Waals surface area contributed by atoms with Crippen LogP contribution in [0.2, 0.25) is 0 Å². The molecule has 2 aromatic rings. The maximum absolute atomic E-state index is 12.3. The topological polar surface area (TPSA) is 94.3 Å². The molecule has 1 atom stereocenters. The van der Waals surface area contributed by atoms with Gasteiger partial charge in [-0.15, -0.1) is 0 Å². The number of esters is 1. The molecule has 0 aliphatic heterocycles. The van der Waals surface area contributed by atoms with E-state index in [-0.39, 0.29) is 18.0 Å². The molecule has 0 saturated heterocycles. The minimum Gasteiger partial charge on any atom is -0.464 e. The summed E-state index contributed by atoms with van der Waals surface area (Å²) in [6, 6.07) is 11.8. The van der Waals surface area contributed by atoms with Crippen molar-refractivity contribution in [1.82, 2.24) is 10.3 Å². The first kappa shape index (κ1) is 16.5. The third-order valence-electron chi connectivity index (χ3n) is 3.24. The Labute approximate surface area is 134 Å². The van der Waals surface area contributed by atoms with Crippen LogP contribution in [0.4, 0.5) is 5.82 Å². The Morgan fingerprint density at radius 1 is 1.22 bits per heavy atom. The number of hydrogen-bond acceptors (Lipinski definition) is 5. The number of rotatable bonds is 6. The highest BCUT2D eigenvalue weighted by Crippen LogP contribution is 2.09. The number of nitrogen functional groups attached to an aromatic ring is 1. The summed E-state index contributed by atoms with van der Waals surface area (Å²) in [5, 5.41) is 2.67. The molecule has 1 amide bonds. The zero-order chi connectivity index (χ0) is 16.7. The number of carbonyl (C=O) groups excluding carboxylic acids is 2. The van der Waals surface area contributed by atoms with Crippen LogP contribution in [0.25, 0.3) is 0 Å². The van der Waals surface area contributed by atoms with Crippen molar-refractivity contribution in [3.8, 4) is 0 Å². The van der Waals surface area contributed by atoms with Crippen molar-refractivity contribution in [2.24, 2.45) is 0 Å². The quantitative estimate of drug-likeness (QED) is 0.789. The Morgan fingerprint density at radius 2 is 1.96 bits per heavy atom. The van der Waals surface area contributed by atoms with Crippen LogP contribution in [-0.4, -0.2) is 29.5 Å². The van der Waals surface area contributed by atoms with Gasteiger partial charge in [-0.3, -0.25) is 4.79 Å². The van der Waals surface area contributed by atoms with Gasteiger partial charge in [0.15, 0.2) is 0 Å². The SMILES string of the molecule is CCOC(=O)[C@H](Cc1ccccc1)NC(=O)c1cccnc1N. The lowest BCUT2D eigenvalue weighted by molar-refractivity contribution is -0.145. The average Bonchev–Trinajstić information content (AvgIpc) is 2.55. The minimum absolute atomic E-state index is 0.118. The molecule has 23 heavy (non-hydrogen) atoms. The molecule has 120 valence electrons. The molecule has 0 unspecified atom stereocenters. The maximum atomic E-state index is 12.3. The van der Waals surface area contributed by atoms with Crippen LogP contribution in [0, 0.1) is 0 Å². The Kier molecular flexibility index (Phi) is 5.68. The summed E-state index contributed by atoms with van der Waals surface area (Å²) in [4.78, 5) is 28.3. The number of hydrogen-bond donors (Lipinski definition) is 2. The number of anilines is 1. The van der Waals surface area contributed by atoms with Crippen molar-refractivity contribution in [3.05, 3.63) is 59.8 Å². The lowest BCUT2D eigenvalue weighted by atomic mass is 10.1. The van der Waals surface area contributed by atoms with E-state index >= 15 is 0 Å². The molecular weight excluding hydrogens is 294 g/mol. The Bertz CT molecular complexity index is 674. The predicted octanol–water partition coefficient (Wildman–Crippen LogP) is 1.57. The van der Waals surface area contributed by atoms with Crippen LogP contribution < -0.4 is 11.1 Å². The number of nitrogens with one attached hydrogen (secondary N) is 1. The van der Waals surface area contributed by atoms with Gasteiger partial charge in [0.25, 0.3) is 5.91 Å². The molecule has 1 aromatic carbocycles. The summed E-state index contributed by atoms with van der Waals surface area (Å²) >= 11 is 0. The van der Waals surface area contributed by atoms with Gasteiger partial charge >= 0.3 is 5.97 Å². The number of amides is 1. The van der Waals surface area contributed by atoms with Gasteiger partial charge in [-0.25, -0.2) is 9.78 Å². The van der Waals surface area contributed by atoms with Crippen LogP contribution in [0.5, 0.6) is 0 Å². The summed E-state index contributed by atoms with van der Waals surface area (Å²) in [5.74, 6) is -0.816. The van der Waals surface area contributed by atoms with Crippen molar-refractivity contribution in [2.75, 3.05) is 12.3 Å². The van der Waals surface area contributed by atoms with Gasteiger partial charge in [-0.1, -0.05) is 30.3 Å². The van der Waals surface area contributed by atoms with E-state index in [2.05, 4.69) is 10.3 Å². The van der Waals surface area contributed by atoms with Crippen molar-refractivity contribution in [1.29, 1.82) is 0 Å². The summed E-state index contributed by atoms with van der Waals surface area (Å²) in [6.07, 6.45) is 1.84. The third-order valence-corrected chi connectivity index (χ3v) is 3.24. The van der Waals surface area contributed by atoms with Gasteiger partial charge in [0, 0.05) is 12.6 Å². The molecule has 2 rings (SSSR count). The molecule has 0 bridgehead atoms. The van der Waals surface area contributed by atoms with Gasteiger partial charge in [-0.05, 0) is 24.6 Å². The minimum atomic E-state index is -0.788. The number of carbonyl (C=O) groups is 2. The molecule has 0 aliphatic rings. The summed E-state index contributed by atoms with van der Waals surface area (Å²) in [7, 11) is 0. The van der Waals surface area contributed by atoms with E-state index in [0.29, 0.717) is 6.42 Å². The summed E-state index contributed by atoms with van der Waals surface area (Å²) in [5.41, 5.74) is 6.85.